The van der Waals surface area contributed by atoms with Crippen LogP contribution in [0.5, 0.6) is 0 Å². The highest BCUT2D eigenvalue weighted by Gasteiger charge is 2.56. The van der Waals surface area contributed by atoms with Crippen molar-refractivity contribution in [2.24, 2.45) is 5.41 Å². The predicted molar refractivity (Wildman–Crippen MR) is 165 cm³/mol. The Labute approximate surface area is 257 Å². The summed E-state index contributed by atoms with van der Waals surface area (Å²) in [6, 6.07) is 8.21. The first-order valence-electron chi connectivity index (χ1n) is 14.1. The van der Waals surface area contributed by atoms with Crippen LogP contribution in [0, 0.1) is 24.2 Å². The molecule has 10 nitrogen and oxygen atoms in total. The molecule has 218 valence electrons. The number of fused-ring (bicyclic) bond motifs is 2. The molecule has 1 aromatic carbocycles. The smallest absolute Gasteiger partial charge is 0.248 e. The van der Waals surface area contributed by atoms with Crippen molar-refractivity contribution in [2.45, 2.75) is 65.6 Å². The second-order valence-electron chi connectivity index (χ2n) is 11.7. The maximum absolute atomic E-state index is 13.9. The Balaban J connectivity index is 1.30. The molecule has 0 radical (unpaired) electrons. The number of halogens is 1. The Kier molecular flexibility index (Phi) is 7.13. The minimum Gasteiger partial charge on any atom is -0.314 e. The van der Waals surface area contributed by atoms with Gasteiger partial charge in [0.15, 0.2) is 5.78 Å². The molecule has 2 aliphatic rings. The van der Waals surface area contributed by atoms with Crippen molar-refractivity contribution in [1.29, 1.82) is 0 Å². The van der Waals surface area contributed by atoms with E-state index in [-0.39, 0.29) is 41.8 Å². The Morgan fingerprint density at radius 1 is 1.14 bits per heavy atom. The first-order valence-corrected chi connectivity index (χ1v) is 14.9. The van der Waals surface area contributed by atoms with E-state index in [4.69, 9.17) is 0 Å². The van der Waals surface area contributed by atoms with Crippen molar-refractivity contribution in [2.75, 3.05) is 5.32 Å². The lowest BCUT2D eigenvalue weighted by Gasteiger charge is -2.34. The molecule has 43 heavy (non-hydrogen) atoms. The number of carbonyl (C=O) groups excluding carboxylic acids is 3. The molecule has 1 fully saturated rings. The van der Waals surface area contributed by atoms with Crippen molar-refractivity contribution in [3.63, 3.8) is 0 Å². The predicted octanol–water partition coefficient (Wildman–Crippen LogP) is 4.92. The molecule has 3 atom stereocenters. The van der Waals surface area contributed by atoms with Crippen LogP contribution in [-0.4, -0.2) is 59.3 Å². The molecule has 1 saturated heterocycles. The van der Waals surface area contributed by atoms with Gasteiger partial charge in [0.2, 0.25) is 11.8 Å². The molecule has 0 spiro atoms. The van der Waals surface area contributed by atoms with E-state index in [0.717, 1.165) is 16.7 Å². The molecule has 2 amide bonds. The molecular formula is C32H30BrN7O3. The van der Waals surface area contributed by atoms with Crippen LogP contribution in [-0.2, 0) is 16.1 Å². The number of aryl methyl sites for hydroxylation is 1. The van der Waals surface area contributed by atoms with Crippen molar-refractivity contribution in [3.8, 4) is 23.0 Å². The summed E-state index contributed by atoms with van der Waals surface area (Å²) < 4.78 is 2.15. The number of nitrogens with zero attached hydrogens (tertiary/aromatic N) is 6. The molecule has 0 bridgehead atoms. The number of benzene rings is 1. The largest absolute Gasteiger partial charge is 0.314 e. The van der Waals surface area contributed by atoms with E-state index in [1.807, 2.05) is 44.2 Å². The van der Waals surface area contributed by atoms with Gasteiger partial charge in [0.25, 0.3) is 0 Å². The number of likely N-dealkylation sites (tertiary alicyclic amines) is 1. The fraction of sp³-hybridized carbons (Fsp3) is 0.344. The summed E-state index contributed by atoms with van der Waals surface area (Å²) in [5, 5.41) is 8.09. The van der Waals surface area contributed by atoms with E-state index < -0.39 is 11.5 Å². The number of anilines is 1. The van der Waals surface area contributed by atoms with Crippen molar-refractivity contribution < 1.29 is 14.4 Å². The summed E-state index contributed by atoms with van der Waals surface area (Å²) in [6.07, 6.45) is 3.87. The highest BCUT2D eigenvalue weighted by atomic mass is 79.9. The van der Waals surface area contributed by atoms with E-state index >= 15 is 0 Å². The van der Waals surface area contributed by atoms with Gasteiger partial charge in [0, 0.05) is 30.3 Å². The molecule has 6 rings (SSSR count). The van der Waals surface area contributed by atoms with Gasteiger partial charge in [-0.3, -0.25) is 19.1 Å². The zero-order valence-electron chi connectivity index (χ0n) is 24.5. The molecule has 1 aliphatic heterocycles. The molecule has 4 heterocycles. The van der Waals surface area contributed by atoms with E-state index in [2.05, 4.69) is 67.0 Å². The van der Waals surface area contributed by atoms with Crippen molar-refractivity contribution >= 4 is 50.2 Å². The Morgan fingerprint density at radius 3 is 2.53 bits per heavy atom. The molecule has 1 aliphatic carbocycles. The zero-order chi connectivity index (χ0) is 30.6. The fourth-order valence-electron chi connectivity index (χ4n) is 5.75. The lowest BCUT2D eigenvalue weighted by atomic mass is 9.76. The Bertz CT molecular complexity index is 1870. The average Bonchev–Trinajstić information content (AvgIpc) is 3.41. The van der Waals surface area contributed by atoms with Gasteiger partial charge in [0.05, 0.1) is 10.9 Å². The van der Waals surface area contributed by atoms with E-state index in [1.165, 1.54) is 11.6 Å². The van der Waals surface area contributed by atoms with Gasteiger partial charge in [0.1, 0.15) is 40.6 Å². The lowest BCUT2D eigenvalue weighted by molar-refractivity contribution is -0.138. The van der Waals surface area contributed by atoms with Crippen LogP contribution in [0.15, 0.2) is 47.3 Å². The summed E-state index contributed by atoms with van der Waals surface area (Å²) in [4.78, 5) is 54.7. The molecule has 11 heteroatoms. The number of hydrogen-bond donors (Lipinski definition) is 1. The summed E-state index contributed by atoms with van der Waals surface area (Å²) in [7, 11) is 0. The van der Waals surface area contributed by atoms with Gasteiger partial charge in [-0.2, -0.15) is 5.10 Å². The van der Waals surface area contributed by atoms with Gasteiger partial charge in [-0.25, -0.2) is 15.0 Å². The minimum atomic E-state index is -0.754. The molecule has 1 N–H and O–H groups in total. The van der Waals surface area contributed by atoms with Crippen LogP contribution < -0.4 is 5.32 Å². The number of amides is 2. The van der Waals surface area contributed by atoms with Gasteiger partial charge < -0.3 is 10.2 Å². The summed E-state index contributed by atoms with van der Waals surface area (Å²) in [6.45, 7) is 9.22. The van der Waals surface area contributed by atoms with Crippen LogP contribution in [0.2, 0.25) is 0 Å². The second-order valence-corrected chi connectivity index (χ2v) is 12.5. The number of rotatable bonds is 7. The first-order chi connectivity index (χ1) is 20.4. The lowest BCUT2D eigenvalue weighted by Crippen LogP contribution is -2.50. The molecule has 3 aromatic heterocycles. The van der Waals surface area contributed by atoms with E-state index in [1.54, 1.807) is 17.3 Å². The van der Waals surface area contributed by atoms with E-state index in [9.17, 15) is 14.4 Å². The second kappa shape index (κ2) is 10.7. The van der Waals surface area contributed by atoms with Gasteiger partial charge in [-0.1, -0.05) is 31.8 Å². The Morgan fingerprint density at radius 2 is 1.88 bits per heavy atom. The van der Waals surface area contributed by atoms with Crippen LogP contribution in [0.4, 0.5) is 5.82 Å². The zero-order valence-corrected chi connectivity index (χ0v) is 26.1. The summed E-state index contributed by atoms with van der Waals surface area (Å²) in [5.74, 6) is 6.73. The first kappa shape index (κ1) is 28.7. The number of Topliss-reactive ketones (excluding diaryl/α,β-unsaturated/α-hetero) is 1. The quantitative estimate of drug-likeness (QED) is 0.173. The van der Waals surface area contributed by atoms with Crippen LogP contribution >= 0.6 is 15.9 Å². The van der Waals surface area contributed by atoms with Crippen molar-refractivity contribution in [3.05, 3.63) is 64.4 Å². The maximum atomic E-state index is 13.9. The highest BCUT2D eigenvalue weighted by Crippen LogP contribution is 2.45. The van der Waals surface area contributed by atoms with Gasteiger partial charge >= 0.3 is 0 Å². The number of pyridine rings is 1. The topological polar surface area (TPSA) is 123 Å². The van der Waals surface area contributed by atoms with Crippen LogP contribution in [0.3, 0.4) is 0 Å². The number of ketones is 1. The third-order valence-electron chi connectivity index (χ3n) is 8.14. The van der Waals surface area contributed by atoms with Gasteiger partial charge in [-0.05, 0) is 77.5 Å². The summed E-state index contributed by atoms with van der Waals surface area (Å²) >= 11 is 3.43. The molecule has 0 saturated carbocycles. The van der Waals surface area contributed by atoms with Crippen LogP contribution in [0.1, 0.15) is 61.9 Å². The van der Waals surface area contributed by atoms with Crippen molar-refractivity contribution in [1.82, 2.24) is 29.6 Å². The third-order valence-corrected chi connectivity index (χ3v) is 8.54. The normalized spacial score (nSPS) is 20.4. The fourth-order valence-corrected chi connectivity index (χ4v) is 6.21. The Hall–Kier alpha value is -4.43. The third kappa shape index (κ3) is 5.20. The average molecular weight is 641 g/mol. The monoisotopic (exact) mass is 639 g/mol. The van der Waals surface area contributed by atoms with Crippen LogP contribution in [0.25, 0.3) is 22.0 Å². The molecular weight excluding hydrogens is 610 g/mol. The highest BCUT2D eigenvalue weighted by molar-refractivity contribution is 9.10. The number of hydrogen-bond acceptors (Lipinski definition) is 7. The van der Waals surface area contributed by atoms with Gasteiger partial charge in [-0.15, -0.1) is 0 Å². The SMILES string of the molecule is CC(=O)c1nn(CC(=O)N2[C@H](C(=O)Nc3cc(C(C)C)cc(Br)n3)C[C@@]3(C)C#C[C@@H]23)c2ccc(-c3cnc(C)nc3)cc12. The standard InChI is InChI=1S/C32H30BrN7O3/c1-17(2)21-11-27(33)36-28(12-21)37-31(43)25-13-32(5)9-8-26(32)40(25)29(42)16-39-24-7-6-20(22-14-34-19(4)35-15-22)10-23(24)30(38-39)18(3)41/h6-7,10-12,14-15,17,25-26H,13,16H2,1-5H3,(H,36,37,43)/t25-,26+,32+/m0/s1. The number of aromatic nitrogens is 5. The number of carbonyl (C=O) groups is 3. The molecule has 0 unspecified atom stereocenters. The summed E-state index contributed by atoms with van der Waals surface area (Å²) in [5.41, 5.74) is 3.09. The minimum absolute atomic E-state index is 0.151. The number of nitrogens with one attached hydrogen (secondary N) is 1. The van der Waals surface area contributed by atoms with E-state index in [0.29, 0.717) is 33.6 Å². The molecule has 4 aromatic rings. The maximum Gasteiger partial charge on any atom is 0.248 e.